The van der Waals surface area contributed by atoms with Crippen molar-refractivity contribution < 1.29 is 13.2 Å². The minimum absolute atomic E-state index is 0.0970. The highest BCUT2D eigenvalue weighted by molar-refractivity contribution is 7.92. The van der Waals surface area contributed by atoms with Crippen molar-refractivity contribution in [2.24, 2.45) is 14.1 Å². The van der Waals surface area contributed by atoms with Crippen LogP contribution in [0.3, 0.4) is 0 Å². The van der Waals surface area contributed by atoms with Crippen LogP contribution in [0, 0.1) is 0 Å². The first-order chi connectivity index (χ1) is 15.7. The summed E-state index contributed by atoms with van der Waals surface area (Å²) >= 11 is 0. The Morgan fingerprint density at radius 2 is 1.42 bits per heavy atom. The summed E-state index contributed by atoms with van der Waals surface area (Å²) in [7, 11) is -1.00. The molecule has 9 heteroatoms. The van der Waals surface area contributed by atoms with Crippen molar-refractivity contribution in [2.45, 2.75) is 18.2 Å². The summed E-state index contributed by atoms with van der Waals surface area (Å²) < 4.78 is 37.2. The number of sulfonamides is 1. The zero-order chi connectivity index (χ0) is 23.8. The van der Waals surface area contributed by atoms with Crippen molar-refractivity contribution in [3.63, 3.8) is 0 Å². The number of aryl methyl sites for hydroxylation is 3. The maximum Gasteiger partial charge on any atom is 0.316 e. The first kappa shape index (κ1) is 22.3. The van der Waals surface area contributed by atoms with Crippen molar-refractivity contribution in [1.29, 1.82) is 0 Å². The third-order valence-electron chi connectivity index (χ3n) is 5.45. The molecule has 0 bridgehead atoms. The Bertz CT molecular complexity index is 1550. The second-order valence-corrected chi connectivity index (χ2v) is 9.27. The zero-order valence-electron chi connectivity index (χ0n) is 18.4. The molecule has 1 N–H and O–H groups in total. The van der Waals surface area contributed by atoms with Crippen molar-refractivity contribution in [2.75, 3.05) is 4.72 Å². The number of hydrogen-bond acceptors (Lipinski definition) is 5. The quantitative estimate of drug-likeness (QED) is 0.440. The van der Waals surface area contributed by atoms with Crippen LogP contribution in [0.5, 0.6) is 11.5 Å². The Kier molecular flexibility index (Phi) is 5.82. The lowest BCUT2D eigenvalue weighted by molar-refractivity contribution is 0.485. The van der Waals surface area contributed by atoms with E-state index < -0.39 is 21.1 Å². The van der Waals surface area contributed by atoms with Gasteiger partial charge in [-0.15, -0.1) is 0 Å². The van der Waals surface area contributed by atoms with Gasteiger partial charge in [-0.1, -0.05) is 37.3 Å². The largest absolute Gasteiger partial charge is 0.455 e. The average Bonchev–Trinajstić information content (AvgIpc) is 2.82. The van der Waals surface area contributed by atoms with Gasteiger partial charge in [0.05, 0.1) is 21.6 Å². The minimum atomic E-state index is -3.95. The normalized spacial score (nSPS) is 11.5. The van der Waals surface area contributed by atoms with Gasteiger partial charge in [0, 0.05) is 20.2 Å². The fourth-order valence-electron chi connectivity index (χ4n) is 3.49. The van der Waals surface area contributed by atoms with Gasteiger partial charge in [0.15, 0.2) is 5.75 Å². The van der Waals surface area contributed by atoms with Gasteiger partial charge in [0.25, 0.3) is 10.0 Å². The summed E-state index contributed by atoms with van der Waals surface area (Å²) in [5.41, 5.74) is 0.541. The Labute approximate surface area is 190 Å². The highest BCUT2D eigenvalue weighted by atomic mass is 32.2. The molecular formula is C24H23N3O5S. The lowest BCUT2D eigenvalue weighted by Gasteiger charge is -2.17. The number of ether oxygens (including phenoxy) is 1. The minimum Gasteiger partial charge on any atom is -0.455 e. The van der Waals surface area contributed by atoms with E-state index in [0.717, 1.165) is 12.0 Å². The van der Waals surface area contributed by atoms with Crippen LogP contribution in [-0.2, 0) is 30.5 Å². The molecule has 0 amide bonds. The van der Waals surface area contributed by atoms with Crippen molar-refractivity contribution in [3.05, 3.63) is 93.0 Å². The number of nitrogens with zero attached hydrogens (tertiary/aromatic N) is 2. The van der Waals surface area contributed by atoms with Gasteiger partial charge in [-0.2, -0.15) is 0 Å². The highest BCUT2D eigenvalue weighted by Gasteiger charge is 2.20. The van der Waals surface area contributed by atoms with Crippen molar-refractivity contribution in [1.82, 2.24) is 9.13 Å². The Balaban J connectivity index is 1.89. The monoisotopic (exact) mass is 465 g/mol. The molecule has 0 unspecified atom stereocenters. The molecule has 8 nitrogen and oxygen atoms in total. The van der Waals surface area contributed by atoms with Crippen LogP contribution in [0.15, 0.2) is 81.2 Å². The number of aromatic nitrogens is 2. The predicted molar refractivity (Wildman–Crippen MR) is 128 cm³/mol. The molecule has 0 atom stereocenters. The number of benzene rings is 3. The Morgan fingerprint density at radius 1 is 0.848 bits per heavy atom. The molecule has 0 fully saturated rings. The van der Waals surface area contributed by atoms with Crippen molar-refractivity contribution in [3.8, 4) is 11.5 Å². The lowest BCUT2D eigenvalue weighted by Crippen LogP contribution is -2.39. The van der Waals surface area contributed by atoms with Crippen LogP contribution in [0.4, 0.5) is 5.69 Å². The van der Waals surface area contributed by atoms with Gasteiger partial charge in [0.2, 0.25) is 0 Å². The maximum atomic E-state index is 13.1. The van der Waals surface area contributed by atoms with Crippen LogP contribution >= 0.6 is 0 Å². The van der Waals surface area contributed by atoms with Crippen LogP contribution in [0.1, 0.15) is 12.5 Å². The smallest absolute Gasteiger partial charge is 0.316 e. The maximum absolute atomic E-state index is 13.1. The molecular weight excluding hydrogens is 442 g/mol. The van der Waals surface area contributed by atoms with E-state index in [1.807, 2.05) is 13.0 Å². The van der Waals surface area contributed by atoms with Crippen LogP contribution in [0.2, 0.25) is 0 Å². The van der Waals surface area contributed by atoms with Crippen LogP contribution in [0.25, 0.3) is 11.0 Å². The number of nitrogens with one attached hydrogen (secondary N) is 1. The summed E-state index contributed by atoms with van der Waals surface area (Å²) in [6.07, 6.45) is 0.792. The first-order valence-corrected chi connectivity index (χ1v) is 11.8. The second kappa shape index (κ2) is 8.59. The van der Waals surface area contributed by atoms with Gasteiger partial charge in [-0.25, -0.2) is 8.42 Å². The fraction of sp³-hybridized carbons (Fsp3) is 0.167. The highest BCUT2D eigenvalue weighted by Crippen LogP contribution is 2.34. The molecule has 1 aromatic heterocycles. The molecule has 170 valence electrons. The first-order valence-electron chi connectivity index (χ1n) is 10.3. The zero-order valence-corrected chi connectivity index (χ0v) is 19.2. The average molecular weight is 466 g/mol. The number of fused-ring (bicyclic) bond motifs is 1. The van der Waals surface area contributed by atoms with E-state index in [2.05, 4.69) is 4.72 Å². The molecule has 0 aliphatic carbocycles. The molecule has 0 aliphatic heterocycles. The number of rotatable bonds is 6. The molecule has 0 spiro atoms. The molecule has 4 rings (SSSR count). The van der Waals surface area contributed by atoms with Gasteiger partial charge in [-0.05, 0) is 42.3 Å². The van der Waals surface area contributed by atoms with E-state index in [9.17, 15) is 18.0 Å². The van der Waals surface area contributed by atoms with E-state index in [-0.39, 0.29) is 16.3 Å². The Hall–Kier alpha value is -3.85. The third kappa shape index (κ3) is 4.27. The van der Waals surface area contributed by atoms with E-state index >= 15 is 0 Å². The molecule has 0 saturated carbocycles. The summed E-state index contributed by atoms with van der Waals surface area (Å²) in [6, 6.07) is 18.5. The molecule has 3 aromatic carbocycles. The summed E-state index contributed by atoms with van der Waals surface area (Å²) in [5, 5.41) is 0. The molecule has 4 aromatic rings. The second-order valence-electron chi connectivity index (χ2n) is 7.58. The summed E-state index contributed by atoms with van der Waals surface area (Å²) in [4.78, 5) is 24.7. The fourth-order valence-corrected chi connectivity index (χ4v) is 4.55. The van der Waals surface area contributed by atoms with E-state index in [1.165, 1.54) is 29.3 Å². The van der Waals surface area contributed by atoms with Gasteiger partial charge >= 0.3 is 11.1 Å². The van der Waals surface area contributed by atoms with Gasteiger partial charge < -0.3 is 13.9 Å². The van der Waals surface area contributed by atoms with Crippen molar-refractivity contribution >= 4 is 26.7 Å². The predicted octanol–water partition coefficient (Wildman–Crippen LogP) is 3.39. The van der Waals surface area contributed by atoms with E-state index in [4.69, 9.17) is 4.74 Å². The molecule has 33 heavy (non-hydrogen) atoms. The van der Waals surface area contributed by atoms with Gasteiger partial charge in [-0.3, -0.25) is 14.3 Å². The number of anilines is 1. The summed E-state index contributed by atoms with van der Waals surface area (Å²) in [6.45, 7) is 1.99. The standard InChI is InChI=1S/C24H23N3O5S/c1-4-16-10-12-18(13-11-16)33(30,31)25-19-14-20-21(27(3)24(29)23(28)26(20)2)15-22(19)32-17-8-6-5-7-9-17/h5-15,25H,4H2,1-3H3. The van der Waals surface area contributed by atoms with Gasteiger partial charge in [0.1, 0.15) is 5.75 Å². The third-order valence-corrected chi connectivity index (χ3v) is 6.83. The van der Waals surface area contributed by atoms with Crippen LogP contribution < -0.4 is 20.6 Å². The molecule has 1 heterocycles. The molecule has 0 radical (unpaired) electrons. The lowest BCUT2D eigenvalue weighted by atomic mass is 10.2. The van der Waals surface area contributed by atoms with E-state index in [1.54, 1.807) is 54.6 Å². The van der Waals surface area contributed by atoms with E-state index in [0.29, 0.717) is 16.8 Å². The molecule has 0 saturated heterocycles. The molecule has 0 aliphatic rings. The van der Waals surface area contributed by atoms with Crippen LogP contribution in [-0.4, -0.2) is 17.6 Å². The number of hydrogen-bond donors (Lipinski definition) is 1. The SMILES string of the molecule is CCc1ccc(S(=O)(=O)Nc2cc3c(cc2Oc2ccccc2)n(C)c(=O)c(=O)n3C)cc1. The number of para-hydroxylation sites is 1. The Morgan fingerprint density at radius 3 is 2.00 bits per heavy atom. The summed E-state index contributed by atoms with van der Waals surface area (Å²) in [5.74, 6) is 0.676. The topological polar surface area (TPSA) is 99.4 Å².